The van der Waals surface area contributed by atoms with Crippen LogP contribution in [-0.4, -0.2) is 62.1 Å². The first kappa shape index (κ1) is 27.7. The van der Waals surface area contributed by atoms with Crippen molar-refractivity contribution >= 4 is 34.5 Å². The molecular weight excluding hydrogens is 502 g/mol. The van der Waals surface area contributed by atoms with Crippen molar-refractivity contribution in [3.8, 4) is 5.75 Å². The van der Waals surface area contributed by atoms with Gasteiger partial charge in [-0.1, -0.05) is 12.7 Å². The number of allylic oxidation sites excluding steroid dienone is 1. The molecule has 0 spiro atoms. The van der Waals surface area contributed by atoms with Gasteiger partial charge in [0.05, 0.1) is 29.9 Å². The summed E-state index contributed by atoms with van der Waals surface area (Å²) in [6.07, 6.45) is 5.01. The average molecular weight is 535 g/mol. The van der Waals surface area contributed by atoms with E-state index in [1.807, 2.05) is 38.2 Å². The maximum Gasteiger partial charge on any atom is 0.247 e. The van der Waals surface area contributed by atoms with Gasteiger partial charge < -0.3 is 25.2 Å². The molecule has 0 bridgehead atoms. The molecule has 0 saturated heterocycles. The summed E-state index contributed by atoms with van der Waals surface area (Å²) in [5, 5.41) is 6.02. The summed E-state index contributed by atoms with van der Waals surface area (Å²) in [5.74, 6) is -0.746. The lowest BCUT2D eigenvalue weighted by molar-refractivity contribution is -0.111. The predicted molar refractivity (Wildman–Crippen MR) is 151 cm³/mol. The van der Waals surface area contributed by atoms with Crippen molar-refractivity contribution in [2.24, 2.45) is 0 Å². The van der Waals surface area contributed by atoms with Crippen LogP contribution < -0.4 is 20.3 Å². The minimum absolute atomic E-state index is 0.0246. The maximum atomic E-state index is 15.0. The molecule has 1 aliphatic carbocycles. The van der Waals surface area contributed by atoms with E-state index in [4.69, 9.17) is 4.74 Å². The Morgan fingerprint density at radius 2 is 1.95 bits per heavy atom. The standard InChI is InChI=1S/C29H32F2N6O2/c1-7-26(38)33-22-15-23(25(39-6)16-24(22)37(5)13-12-36(3)4)35-29-32-11-10-21(34-29)19-9-8-18-14-20(30)17(2)28(31)27(18)19/h7,9-11,14-16H,1,8,12-13H2,2-6H3,(H,33,38)(H,32,34,35). The van der Waals surface area contributed by atoms with Crippen molar-refractivity contribution in [1.82, 2.24) is 14.9 Å². The van der Waals surface area contributed by atoms with Crippen LogP contribution in [0.25, 0.3) is 5.57 Å². The molecule has 3 aromatic rings. The second kappa shape index (κ2) is 11.6. The highest BCUT2D eigenvalue weighted by Gasteiger charge is 2.25. The second-order valence-electron chi connectivity index (χ2n) is 9.53. The van der Waals surface area contributed by atoms with Crippen LogP contribution in [0.5, 0.6) is 5.75 Å². The van der Waals surface area contributed by atoms with Gasteiger partial charge in [0.2, 0.25) is 11.9 Å². The first-order valence-electron chi connectivity index (χ1n) is 12.4. The SMILES string of the molecule is C=CC(=O)Nc1cc(Nc2nccc(C3=CCc4cc(F)c(C)c(F)c43)n2)c(OC)cc1N(C)CCN(C)C. The van der Waals surface area contributed by atoms with Gasteiger partial charge in [0.25, 0.3) is 0 Å². The number of amides is 1. The molecule has 10 heteroatoms. The zero-order valence-corrected chi connectivity index (χ0v) is 22.7. The van der Waals surface area contributed by atoms with Crippen LogP contribution in [-0.2, 0) is 11.2 Å². The second-order valence-corrected chi connectivity index (χ2v) is 9.53. The quantitative estimate of drug-likeness (QED) is 0.357. The van der Waals surface area contributed by atoms with Crippen molar-refractivity contribution in [2.75, 3.05) is 56.9 Å². The number of carbonyl (C=O) groups is 1. The molecule has 8 nitrogen and oxygen atoms in total. The summed E-state index contributed by atoms with van der Waals surface area (Å²) in [5.41, 5.74) is 3.82. The Kier molecular flexibility index (Phi) is 8.25. The average Bonchev–Trinajstić information content (AvgIpc) is 3.34. The van der Waals surface area contributed by atoms with E-state index in [1.165, 1.54) is 19.1 Å². The molecule has 1 aromatic heterocycles. The van der Waals surface area contributed by atoms with Crippen LogP contribution in [0.1, 0.15) is 22.4 Å². The van der Waals surface area contributed by atoms with E-state index >= 15 is 4.39 Å². The number of nitrogens with one attached hydrogen (secondary N) is 2. The first-order chi connectivity index (χ1) is 18.6. The molecule has 0 unspecified atom stereocenters. The molecule has 39 heavy (non-hydrogen) atoms. The molecule has 4 rings (SSSR count). The van der Waals surface area contributed by atoms with Crippen LogP contribution in [0.15, 0.2) is 49.2 Å². The van der Waals surface area contributed by atoms with E-state index < -0.39 is 11.6 Å². The number of hydrogen-bond acceptors (Lipinski definition) is 7. The van der Waals surface area contributed by atoms with Gasteiger partial charge in [-0.15, -0.1) is 0 Å². The minimum atomic E-state index is -0.583. The highest BCUT2D eigenvalue weighted by atomic mass is 19.1. The third-order valence-corrected chi connectivity index (χ3v) is 6.56. The van der Waals surface area contributed by atoms with E-state index in [9.17, 15) is 9.18 Å². The summed E-state index contributed by atoms with van der Waals surface area (Å²) in [6.45, 7) is 6.49. The zero-order valence-electron chi connectivity index (χ0n) is 22.7. The fourth-order valence-electron chi connectivity index (χ4n) is 4.36. The van der Waals surface area contributed by atoms with Crippen molar-refractivity contribution in [3.05, 3.63) is 83.2 Å². The van der Waals surface area contributed by atoms with Gasteiger partial charge in [0.15, 0.2) is 0 Å². The largest absolute Gasteiger partial charge is 0.494 e. The lowest BCUT2D eigenvalue weighted by Crippen LogP contribution is -2.29. The van der Waals surface area contributed by atoms with E-state index in [-0.39, 0.29) is 17.4 Å². The first-order valence-corrected chi connectivity index (χ1v) is 12.4. The van der Waals surface area contributed by atoms with Crippen molar-refractivity contribution in [3.63, 3.8) is 0 Å². The van der Waals surface area contributed by atoms with E-state index in [1.54, 1.807) is 25.4 Å². The fraction of sp³-hybridized carbons (Fsp3) is 0.276. The molecule has 0 aliphatic heterocycles. The van der Waals surface area contributed by atoms with Crippen molar-refractivity contribution in [1.29, 1.82) is 0 Å². The Morgan fingerprint density at radius 1 is 1.18 bits per heavy atom. The van der Waals surface area contributed by atoms with Crippen LogP contribution in [0, 0.1) is 18.6 Å². The highest BCUT2D eigenvalue weighted by Crippen LogP contribution is 2.39. The van der Waals surface area contributed by atoms with Gasteiger partial charge in [0.1, 0.15) is 17.4 Å². The summed E-state index contributed by atoms with van der Waals surface area (Å²) in [6, 6.07) is 6.62. The summed E-state index contributed by atoms with van der Waals surface area (Å²) >= 11 is 0. The van der Waals surface area contributed by atoms with Gasteiger partial charge in [-0.05, 0) is 57.3 Å². The van der Waals surface area contributed by atoms with Gasteiger partial charge in [-0.2, -0.15) is 0 Å². The van der Waals surface area contributed by atoms with Gasteiger partial charge in [-0.25, -0.2) is 18.7 Å². The molecule has 1 amide bonds. The molecule has 1 aliphatic rings. The van der Waals surface area contributed by atoms with Crippen LogP contribution in [0.4, 0.5) is 31.8 Å². The number of halogens is 2. The molecule has 2 aromatic carbocycles. The number of fused-ring (bicyclic) bond motifs is 1. The molecule has 1 heterocycles. The predicted octanol–water partition coefficient (Wildman–Crippen LogP) is 4.93. The Bertz CT molecular complexity index is 1450. The Morgan fingerprint density at radius 3 is 2.64 bits per heavy atom. The number of hydrogen-bond donors (Lipinski definition) is 2. The number of carbonyl (C=O) groups excluding carboxylic acids is 1. The Hall–Kier alpha value is -4.31. The molecule has 0 radical (unpaired) electrons. The number of nitrogens with zero attached hydrogens (tertiary/aromatic N) is 4. The van der Waals surface area contributed by atoms with Gasteiger partial charge in [0, 0.05) is 49.1 Å². The number of methoxy groups -OCH3 is 1. The molecule has 0 fully saturated rings. The van der Waals surface area contributed by atoms with Gasteiger partial charge in [-0.3, -0.25) is 4.79 Å². The third-order valence-electron chi connectivity index (χ3n) is 6.56. The number of likely N-dealkylation sites (N-methyl/N-ethyl adjacent to an activating group) is 2. The lowest BCUT2D eigenvalue weighted by atomic mass is 9.99. The topological polar surface area (TPSA) is 82.6 Å². The molecule has 204 valence electrons. The van der Waals surface area contributed by atoms with E-state index in [2.05, 4.69) is 32.1 Å². The minimum Gasteiger partial charge on any atom is -0.494 e. The number of ether oxygens (including phenoxy) is 1. The van der Waals surface area contributed by atoms with Crippen LogP contribution in [0.3, 0.4) is 0 Å². The normalized spacial score (nSPS) is 12.2. The summed E-state index contributed by atoms with van der Waals surface area (Å²) in [7, 11) is 7.46. The summed E-state index contributed by atoms with van der Waals surface area (Å²) < 4.78 is 34.8. The van der Waals surface area contributed by atoms with Crippen molar-refractivity contribution < 1.29 is 18.3 Å². The van der Waals surface area contributed by atoms with E-state index in [0.717, 1.165) is 12.2 Å². The summed E-state index contributed by atoms with van der Waals surface area (Å²) in [4.78, 5) is 25.2. The zero-order chi connectivity index (χ0) is 28.3. The Balaban J connectivity index is 1.69. The number of rotatable bonds is 10. The molecular formula is C29H32F2N6O2. The van der Waals surface area contributed by atoms with Crippen LogP contribution in [0.2, 0.25) is 0 Å². The van der Waals surface area contributed by atoms with Crippen molar-refractivity contribution in [2.45, 2.75) is 13.3 Å². The molecule has 2 N–H and O–H groups in total. The maximum absolute atomic E-state index is 15.0. The lowest BCUT2D eigenvalue weighted by Gasteiger charge is -2.26. The molecule has 0 saturated carbocycles. The Labute approximate surface area is 227 Å². The number of aromatic nitrogens is 2. The van der Waals surface area contributed by atoms with Crippen LogP contribution >= 0.6 is 0 Å². The molecule has 0 atom stereocenters. The van der Waals surface area contributed by atoms with E-state index in [0.29, 0.717) is 52.5 Å². The number of anilines is 4. The fourth-order valence-corrected chi connectivity index (χ4v) is 4.36. The number of benzene rings is 2. The monoisotopic (exact) mass is 534 g/mol. The smallest absolute Gasteiger partial charge is 0.247 e. The van der Waals surface area contributed by atoms with Gasteiger partial charge >= 0.3 is 0 Å². The third kappa shape index (κ3) is 5.91. The highest BCUT2D eigenvalue weighted by molar-refractivity contribution is 6.02.